The fourth-order valence-electron chi connectivity index (χ4n) is 2.14. The van der Waals surface area contributed by atoms with Gasteiger partial charge in [-0.3, -0.25) is 0 Å². The molecular formula is C13H19ClN2O2S. The molecule has 19 heavy (non-hydrogen) atoms. The van der Waals surface area contributed by atoms with Gasteiger partial charge in [-0.05, 0) is 43.4 Å². The van der Waals surface area contributed by atoms with Crippen LogP contribution in [0.5, 0.6) is 0 Å². The highest BCUT2D eigenvalue weighted by atomic mass is 35.5. The summed E-state index contributed by atoms with van der Waals surface area (Å²) < 4.78 is 26.3. The molecule has 0 bridgehead atoms. The average molecular weight is 303 g/mol. The van der Waals surface area contributed by atoms with E-state index in [2.05, 4.69) is 0 Å². The zero-order valence-corrected chi connectivity index (χ0v) is 12.8. The maximum absolute atomic E-state index is 12.4. The Labute approximate surface area is 119 Å². The highest BCUT2D eigenvalue weighted by molar-refractivity contribution is 7.89. The van der Waals surface area contributed by atoms with Crippen molar-refractivity contribution in [2.75, 3.05) is 19.3 Å². The molecule has 1 aliphatic rings. The first-order valence-electron chi connectivity index (χ1n) is 6.34. The van der Waals surface area contributed by atoms with Crippen molar-refractivity contribution in [3.05, 3.63) is 22.7 Å². The number of nitrogens with two attached hydrogens (primary N) is 1. The highest BCUT2D eigenvalue weighted by Crippen LogP contribution is 2.30. The SMILES string of the molecule is Cc1c(N)cc(S(=O)(=O)N(C)CC2CCC2)cc1Cl. The van der Waals surface area contributed by atoms with Crippen molar-refractivity contribution in [2.24, 2.45) is 5.92 Å². The van der Waals surface area contributed by atoms with E-state index < -0.39 is 10.0 Å². The molecule has 1 saturated carbocycles. The van der Waals surface area contributed by atoms with Crippen molar-refractivity contribution in [3.8, 4) is 0 Å². The van der Waals surface area contributed by atoms with Crippen LogP contribution < -0.4 is 5.73 Å². The lowest BCUT2D eigenvalue weighted by Crippen LogP contribution is -2.34. The molecule has 4 nitrogen and oxygen atoms in total. The summed E-state index contributed by atoms with van der Waals surface area (Å²) in [4.78, 5) is 0.169. The van der Waals surface area contributed by atoms with Crippen LogP contribution in [0, 0.1) is 12.8 Å². The van der Waals surface area contributed by atoms with Crippen LogP contribution in [0.4, 0.5) is 5.69 Å². The van der Waals surface area contributed by atoms with Gasteiger partial charge in [-0.2, -0.15) is 0 Å². The molecule has 1 fully saturated rings. The minimum atomic E-state index is -3.50. The van der Waals surface area contributed by atoms with E-state index >= 15 is 0 Å². The van der Waals surface area contributed by atoms with Crippen molar-refractivity contribution in [3.63, 3.8) is 0 Å². The molecule has 0 amide bonds. The number of hydrogen-bond acceptors (Lipinski definition) is 3. The van der Waals surface area contributed by atoms with E-state index in [4.69, 9.17) is 17.3 Å². The second-order valence-corrected chi connectivity index (χ2v) is 7.65. The van der Waals surface area contributed by atoms with Crippen LogP contribution in [0.25, 0.3) is 0 Å². The third kappa shape index (κ3) is 2.88. The fourth-order valence-corrected chi connectivity index (χ4v) is 3.74. The molecule has 0 aliphatic heterocycles. The molecule has 2 rings (SSSR count). The number of anilines is 1. The van der Waals surface area contributed by atoms with Gasteiger partial charge < -0.3 is 5.73 Å². The van der Waals surface area contributed by atoms with Crippen molar-refractivity contribution in [1.29, 1.82) is 0 Å². The van der Waals surface area contributed by atoms with Crippen molar-refractivity contribution in [1.82, 2.24) is 4.31 Å². The Morgan fingerprint density at radius 1 is 1.42 bits per heavy atom. The molecule has 0 saturated heterocycles. The summed E-state index contributed by atoms with van der Waals surface area (Å²) in [6, 6.07) is 2.95. The van der Waals surface area contributed by atoms with Gasteiger partial charge in [-0.15, -0.1) is 0 Å². The second-order valence-electron chi connectivity index (χ2n) is 5.20. The maximum atomic E-state index is 12.4. The molecule has 106 valence electrons. The van der Waals surface area contributed by atoms with Crippen LogP contribution in [0.15, 0.2) is 17.0 Å². The van der Waals surface area contributed by atoms with Crippen molar-refractivity contribution < 1.29 is 8.42 Å². The first kappa shape index (κ1) is 14.6. The molecule has 2 N–H and O–H groups in total. The second kappa shape index (κ2) is 5.31. The lowest BCUT2D eigenvalue weighted by molar-refractivity contribution is 0.263. The predicted molar refractivity (Wildman–Crippen MR) is 77.8 cm³/mol. The largest absolute Gasteiger partial charge is 0.398 e. The standard InChI is InChI=1S/C13H19ClN2O2S/c1-9-12(14)6-11(7-13(9)15)19(17,18)16(2)8-10-4-3-5-10/h6-7,10H,3-5,8,15H2,1-2H3. The van der Waals surface area contributed by atoms with Crippen LogP contribution in [-0.2, 0) is 10.0 Å². The minimum absolute atomic E-state index is 0.169. The number of nitrogen functional groups attached to an aromatic ring is 1. The number of sulfonamides is 1. The molecule has 1 aromatic rings. The molecule has 0 spiro atoms. The van der Waals surface area contributed by atoms with Crippen molar-refractivity contribution >= 4 is 27.3 Å². The van der Waals surface area contributed by atoms with Crippen LogP contribution in [0.1, 0.15) is 24.8 Å². The topological polar surface area (TPSA) is 63.4 Å². The van der Waals surface area contributed by atoms with Crippen LogP contribution in [0.3, 0.4) is 0 Å². The number of nitrogens with zero attached hydrogens (tertiary/aromatic N) is 1. The first-order valence-corrected chi connectivity index (χ1v) is 8.16. The van der Waals surface area contributed by atoms with Crippen LogP contribution in [0.2, 0.25) is 5.02 Å². The lowest BCUT2D eigenvalue weighted by Gasteiger charge is -2.29. The summed E-state index contributed by atoms with van der Waals surface area (Å²) in [6.07, 6.45) is 3.41. The summed E-state index contributed by atoms with van der Waals surface area (Å²) in [7, 11) is -1.89. The van der Waals surface area contributed by atoms with Gasteiger partial charge in [0.1, 0.15) is 0 Å². The average Bonchev–Trinajstić information content (AvgIpc) is 2.29. The molecule has 0 heterocycles. The van der Waals surface area contributed by atoms with Gasteiger partial charge in [0.05, 0.1) is 4.90 Å². The monoisotopic (exact) mass is 302 g/mol. The number of rotatable bonds is 4. The normalized spacial score (nSPS) is 16.6. The Bertz CT molecular complexity index is 559. The van der Waals surface area contributed by atoms with E-state index in [1.165, 1.54) is 22.9 Å². The first-order chi connectivity index (χ1) is 8.82. The Balaban J connectivity index is 2.27. The predicted octanol–water partition coefficient (Wildman–Crippen LogP) is 2.65. The number of hydrogen-bond donors (Lipinski definition) is 1. The Hall–Kier alpha value is -0.780. The zero-order chi connectivity index (χ0) is 14.2. The summed E-state index contributed by atoms with van der Waals surface area (Å²) in [5, 5.41) is 0.385. The van der Waals surface area contributed by atoms with E-state index in [-0.39, 0.29) is 4.90 Å². The number of halogens is 1. The third-order valence-corrected chi connectivity index (χ3v) is 6.00. The summed E-state index contributed by atoms with van der Waals surface area (Å²) in [6.45, 7) is 2.33. The van der Waals surface area contributed by atoms with E-state index in [0.717, 1.165) is 12.8 Å². The summed E-state index contributed by atoms with van der Waals surface area (Å²) >= 11 is 6.01. The van der Waals surface area contributed by atoms with Gasteiger partial charge in [-0.25, -0.2) is 12.7 Å². The smallest absolute Gasteiger partial charge is 0.242 e. The summed E-state index contributed by atoms with van der Waals surface area (Å²) in [5.41, 5.74) is 6.91. The molecule has 6 heteroatoms. The van der Waals surface area contributed by atoms with E-state index in [1.54, 1.807) is 14.0 Å². The minimum Gasteiger partial charge on any atom is -0.398 e. The van der Waals surface area contributed by atoms with Crippen LogP contribution >= 0.6 is 11.6 Å². The molecular weight excluding hydrogens is 284 g/mol. The molecule has 1 aromatic carbocycles. The van der Waals surface area contributed by atoms with Crippen molar-refractivity contribution in [2.45, 2.75) is 31.1 Å². The maximum Gasteiger partial charge on any atom is 0.242 e. The van der Waals surface area contributed by atoms with Gasteiger partial charge in [0.2, 0.25) is 10.0 Å². The third-order valence-electron chi connectivity index (χ3n) is 3.81. The van der Waals surface area contributed by atoms with E-state index in [0.29, 0.717) is 28.7 Å². The fraction of sp³-hybridized carbons (Fsp3) is 0.538. The quantitative estimate of drug-likeness (QED) is 0.870. The molecule has 0 aromatic heterocycles. The van der Waals surface area contributed by atoms with Gasteiger partial charge in [0, 0.05) is 24.3 Å². The van der Waals surface area contributed by atoms with Crippen LogP contribution in [-0.4, -0.2) is 26.3 Å². The lowest BCUT2D eigenvalue weighted by atomic mass is 9.86. The van der Waals surface area contributed by atoms with Gasteiger partial charge in [-0.1, -0.05) is 18.0 Å². The van der Waals surface area contributed by atoms with Gasteiger partial charge in [0.15, 0.2) is 0 Å². The zero-order valence-electron chi connectivity index (χ0n) is 11.2. The van der Waals surface area contributed by atoms with Gasteiger partial charge >= 0.3 is 0 Å². The Morgan fingerprint density at radius 3 is 2.53 bits per heavy atom. The Morgan fingerprint density at radius 2 is 2.05 bits per heavy atom. The highest BCUT2D eigenvalue weighted by Gasteiger charge is 2.27. The Kier molecular flexibility index (Phi) is 4.08. The van der Waals surface area contributed by atoms with Gasteiger partial charge in [0.25, 0.3) is 0 Å². The molecule has 0 radical (unpaired) electrons. The molecule has 0 unspecified atom stereocenters. The number of benzene rings is 1. The van der Waals surface area contributed by atoms with E-state index in [9.17, 15) is 8.42 Å². The molecule has 0 atom stereocenters. The summed E-state index contributed by atoms with van der Waals surface area (Å²) in [5.74, 6) is 0.484. The van der Waals surface area contributed by atoms with E-state index in [1.807, 2.05) is 0 Å². The molecule has 1 aliphatic carbocycles.